The number of aliphatic carboxylic acids is 1. The van der Waals surface area contributed by atoms with E-state index >= 15 is 0 Å². The van der Waals surface area contributed by atoms with E-state index in [2.05, 4.69) is 0 Å². The summed E-state index contributed by atoms with van der Waals surface area (Å²) in [6.07, 6.45) is 0. The summed E-state index contributed by atoms with van der Waals surface area (Å²) in [5.41, 5.74) is 1.66. The van der Waals surface area contributed by atoms with Crippen molar-refractivity contribution < 1.29 is 20.1 Å². The highest BCUT2D eigenvalue weighted by molar-refractivity contribution is 5.93. The number of carboxylic acid groups (broad SMARTS) is 1. The second-order valence-corrected chi connectivity index (χ2v) is 5.60. The molecule has 0 spiro atoms. The molecule has 1 aromatic heterocycles. The van der Waals surface area contributed by atoms with Crippen molar-refractivity contribution in [1.29, 1.82) is 0 Å². The Balaban J connectivity index is 2.04. The van der Waals surface area contributed by atoms with E-state index in [0.717, 1.165) is 5.56 Å². The molecular formula is C18H17NO4. The molecule has 3 N–H and O–H groups in total. The minimum Gasteiger partial charge on any atom is -0.494 e. The summed E-state index contributed by atoms with van der Waals surface area (Å²) < 4.78 is 1.24. The zero-order valence-corrected chi connectivity index (χ0v) is 12.6. The topological polar surface area (TPSA) is 82.7 Å². The summed E-state index contributed by atoms with van der Waals surface area (Å²) in [5.74, 6) is -2.13. The summed E-state index contributed by atoms with van der Waals surface area (Å²) in [7, 11) is 0. The molecule has 0 aliphatic heterocycles. The van der Waals surface area contributed by atoms with Crippen LogP contribution in [0.3, 0.4) is 0 Å². The van der Waals surface area contributed by atoms with Gasteiger partial charge in [-0.05, 0) is 24.6 Å². The standard InChI is InChI=1S/C18H17NO4/c1-11-6-8-12(9-7-11)15(18(22)23)10-19-16(20)13-4-2-3-5-14(13)17(19)21/h2-9,15,20-21H,10H2,1H3,(H,22,23)/t15-/m0/s1. The normalized spacial score (nSPS) is 12.4. The van der Waals surface area contributed by atoms with E-state index in [1.54, 1.807) is 36.4 Å². The Morgan fingerprint density at radius 1 is 1.00 bits per heavy atom. The third-order valence-electron chi connectivity index (χ3n) is 4.06. The van der Waals surface area contributed by atoms with Gasteiger partial charge in [0.2, 0.25) is 11.8 Å². The van der Waals surface area contributed by atoms with Crippen LogP contribution >= 0.6 is 0 Å². The van der Waals surface area contributed by atoms with E-state index in [-0.39, 0.29) is 18.3 Å². The average Bonchev–Trinajstić information content (AvgIpc) is 2.78. The van der Waals surface area contributed by atoms with Crippen LogP contribution in [0.1, 0.15) is 17.0 Å². The molecule has 1 atom stereocenters. The average molecular weight is 311 g/mol. The molecule has 2 aromatic carbocycles. The number of hydrogen-bond donors (Lipinski definition) is 3. The number of aromatic nitrogens is 1. The number of benzene rings is 2. The number of aromatic hydroxyl groups is 2. The predicted molar refractivity (Wildman–Crippen MR) is 86.8 cm³/mol. The van der Waals surface area contributed by atoms with E-state index in [0.29, 0.717) is 16.3 Å². The Labute approximate surface area is 133 Å². The van der Waals surface area contributed by atoms with Crippen LogP contribution in [0.4, 0.5) is 0 Å². The van der Waals surface area contributed by atoms with E-state index in [1.165, 1.54) is 4.57 Å². The molecule has 23 heavy (non-hydrogen) atoms. The Bertz CT molecular complexity index is 826. The first-order chi connectivity index (χ1) is 11.0. The first kappa shape index (κ1) is 15.0. The summed E-state index contributed by atoms with van der Waals surface area (Å²) in [6, 6.07) is 14.1. The number of aryl methyl sites for hydroxylation is 1. The molecular weight excluding hydrogens is 294 g/mol. The lowest BCUT2D eigenvalue weighted by Crippen LogP contribution is -2.17. The summed E-state index contributed by atoms with van der Waals surface area (Å²) in [6.45, 7) is 1.88. The lowest BCUT2D eigenvalue weighted by Gasteiger charge is -2.15. The lowest BCUT2D eigenvalue weighted by molar-refractivity contribution is -0.139. The minimum absolute atomic E-state index is 0.0509. The molecule has 1 heterocycles. The van der Waals surface area contributed by atoms with Crippen LogP contribution in [-0.2, 0) is 11.3 Å². The van der Waals surface area contributed by atoms with E-state index < -0.39 is 11.9 Å². The molecule has 5 heteroatoms. The lowest BCUT2D eigenvalue weighted by atomic mass is 9.98. The number of rotatable bonds is 4. The van der Waals surface area contributed by atoms with Crippen molar-refractivity contribution in [2.45, 2.75) is 19.4 Å². The van der Waals surface area contributed by atoms with Crippen molar-refractivity contribution in [2.75, 3.05) is 0 Å². The zero-order valence-electron chi connectivity index (χ0n) is 12.6. The molecule has 0 aliphatic carbocycles. The molecule has 0 fully saturated rings. The quantitative estimate of drug-likeness (QED) is 0.691. The molecule has 118 valence electrons. The van der Waals surface area contributed by atoms with Gasteiger partial charge in [-0.1, -0.05) is 42.0 Å². The van der Waals surface area contributed by atoms with E-state index in [9.17, 15) is 20.1 Å². The van der Waals surface area contributed by atoms with Crippen LogP contribution in [0, 0.1) is 6.92 Å². The number of nitrogens with zero attached hydrogens (tertiary/aromatic N) is 1. The van der Waals surface area contributed by atoms with Crippen LogP contribution in [0.5, 0.6) is 11.8 Å². The molecule has 0 bridgehead atoms. The Hall–Kier alpha value is -2.95. The van der Waals surface area contributed by atoms with E-state index in [1.807, 2.05) is 19.1 Å². The third kappa shape index (κ3) is 2.61. The molecule has 3 rings (SSSR count). The molecule has 3 aromatic rings. The van der Waals surface area contributed by atoms with Crippen LogP contribution in [0.2, 0.25) is 0 Å². The first-order valence-electron chi connectivity index (χ1n) is 7.27. The van der Waals surface area contributed by atoms with Crippen molar-refractivity contribution in [3.05, 3.63) is 59.7 Å². The fourth-order valence-corrected chi connectivity index (χ4v) is 2.74. The maximum Gasteiger partial charge on any atom is 0.312 e. The van der Waals surface area contributed by atoms with Crippen molar-refractivity contribution in [2.24, 2.45) is 0 Å². The monoisotopic (exact) mass is 311 g/mol. The molecule has 0 radical (unpaired) electrons. The summed E-state index contributed by atoms with van der Waals surface area (Å²) in [5, 5.41) is 31.1. The second kappa shape index (κ2) is 5.68. The first-order valence-corrected chi connectivity index (χ1v) is 7.27. The molecule has 5 nitrogen and oxygen atoms in total. The predicted octanol–water partition coefficient (Wildman–Crippen LogP) is 3.23. The van der Waals surface area contributed by atoms with Crippen LogP contribution in [0.25, 0.3) is 10.8 Å². The number of fused-ring (bicyclic) bond motifs is 1. The fourth-order valence-electron chi connectivity index (χ4n) is 2.74. The SMILES string of the molecule is Cc1ccc([C@H](Cn2c(O)c3ccccc3c2O)C(=O)O)cc1. The molecule has 0 saturated carbocycles. The highest BCUT2D eigenvalue weighted by atomic mass is 16.4. The Kier molecular flexibility index (Phi) is 3.70. The van der Waals surface area contributed by atoms with Gasteiger partial charge in [0, 0.05) is 17.3 Å². The van der Waals surface area contributed by atoms with Crippen LogP contribution in [0.15, 0.2) is 48.5 Å². The third-order valence-corrected chi connectivity index (χ3v) is 4.06. The molecule has 0 aliphatic rings. The van der Waals surface area contributed by atoms with Gasteiger partial charge in [-0.3, -0.25) is 9.36 Å². The fraction of sp³-hybridized carbons (Fsp3) is 0.167. The molecule has 0 unspecified atom stereocenters. The maximum absolute atomic E-state index is 11.7. The van der Waals surface area contributed by atoms with Gasteiger partial charge < -0.3 is 15.3 Å². The van der Waals surface area contributed by atoms with Gasteiger partial charge >= 0.3 is 5.97 Å². The number of carbonyl (C=O) groups is 1. The van der Waals surface area contributed by atoms with Crippen LogP contribution in [-0.4, -0.2) is 25.9 Å². The second-order valence-electron chi connectivity index (χ2n) is 5.60. The number of hydrogen-bond acceptors (Lipinski definition) is 3. The smallest absolute Gasteiger partial charge is 0.312 e. The molecule has 0 saturated heterocycles. The van der Waals surface area contributed by atoms with Gasteiger partial charge in [0.05, 0.1) is 5.92 Å². The van der Waals surface area contributed by atoms with Gasteiger partial charge in [0.25, 0.3) is 0 Å². The van der Waals surface area contributed by atoms with Gasteiger partial charge in [0.15, 0.2) is 0 Å². The Morgan fingerprint density at radius 3 is 2.00 bits per heavy atom. The van der Waals surface area contributed by atoms with Crippen molar-refractivity contribution >= 4 is 16.7 Å². The van der Waals surface area contributed by atoms with Crippen molar-refractivity contribution in [3.63, 3.8) is 0 Å². The van der Waals surface area contributed by atoms with E-state index in [4.69, 9.17) is 0 Å². The van der Waals surface area contributed by atoms with Gasteiger partial charge in [-0.2, -0.15) is 0 Å². The van der Waals surface area contributed by atoms with Crippen molar-refractivity contribution in [1.82, 2.24) is 4.57 Å². The number of carboxylic acids is 1. The molecule has 0 amide bonds. The maximum atomic E-state index is 11.7. The summed E-state index contributed by atoms with van der Waals surface area (Å²) >= 11 is 0. The highest BCUT2D eigenvalue weighted by Crippen LogP contribution is 2.37. The Morgan fingerprint density at radius 2 is 1.52 bits per heavy atom. The summed E-state index contributed by atoms with van der Waals surface area (Å²) in [4.78, 5) is 11.7. The highest BCUT2D eigenvalue weighted by Gasteiger charge is 2.24. The largest absolute Gasteiger partial charge is 0.494 e. The van der Waals surface area contributed by atoms with Crippen LogP contribution < -0.4 is 0 Å². The minimum atomic E-state index is -1.01. The van der Waals surface area contributed by atoms with Gasteiger partial charge in [0.1, 0.15) is 0 Å². The van der Waals surface area contributed by atoms with Crippen molar-refractivity contribution in [3.8, 4) is 11.8 Å². The van der Waals surface area contributed by atoms with Gasteiger partial charge in [-0.15, -0.1) is 0 Å². The zero-order chi connectivity index (χ0) is 16.6. The van der Waals surface area contributed by atoms with Gasteiger partial charge in [-0.25, -0.2) is 0 Å².